The molecule has 0 amide bonds. The van der Waals surface area contributed by atoms with Crippen LogP contribution in [0.25, 0.3) is 0 Å². The van der Waals surface area contributed by atoms with E-state index in [9.17, 15) is 0 Å². The molecule has 15 heavy (non-hydrogen) atoms. The zero-order chi connectivity index (χ0) is 10.7. The molecule has 0 aromatic heterocycles. The Kier molecular flexibility index (Phi) is 3.14. The highest BCUT2D eigenvalue weighted by Crippen LogP contribution is 2.32. The van der Waals surface area contributed by atoms with Crippen molar-refractivity contribution in [2.75, 3.05) is 19.0 Å². The molecule has 0 bridgehead atoms. The van der Waals surface area contributed by atoms with Gasteiger partial charge in [-0.2, -0.15) is 0 Å². The number of ether oxygens (including phenoxy) is 1. The highest BCUT2D eigenvalue weighted by Gasteiger charge is 2.20. The van der Waals surface area contributed by atoms with Crippen molar-refractivity contribution < 1.29 is 4.74 Å². The van der Waals surface area contributed by atoms with Gasteiger partial charge in [-0.15, -0.1) is 0 Å². The Bertz CT molecular complexity index is 331. The zero-order valence-corrected chi connectivity index (χ0v) is 9.55. The first-order valence-corrected chi connectivity index (χ1v) is 5.68. The zero-order valence-electron chi connectivity index (χ0n) is 9.55. The molecular weight excluding hydrogens is 186 g/mol. The Morgan fingerprint density at radius 1 is 1.40 bits per heavy atom. The second-order valence-corrected chi connectivity index (χ2v) is 4.36. The molecule has 1 fully saturated rings. The van der Waals surface area contributed by atoms with Gasteiger partial charge in [-0.1, -0.05) is 18.9 Å². The van der Waals surface area contributed by atoms with E-state index in [0.29, 0.717) is 0 Å². The molecule has 2 heteroatoms. The van der Waals surface area contributed by atoms with Gasteiger partial charge in [0.15, 0.2) is 0 Å². The van der Waals surface area contributed by atoms with Gasteiger partial charge in [0, 0.05) is 6.54 Å². The average Bonchev–Trinajstić information content (AvgIpc) is 3.02. The van der Waals surface area contributed by atoms with E-state index in [4.69, 9.17) is 4.74 Å². The fourth-order valence-corrected chi connectivity index (χ4v) is 1.78. The third kappa shape index (κ3) is 2.88. The largest absolute Gasteiger partial charge is 0.495 e. The van der Waals surface area contributed by atoms with E-state index in [0.717, 1.165) is 23.9 Å². The van der Waals surface area contributed by atoms with Crippen molar-refractivity contribution in [3.63, 3.8) is 0 Å². The minimum atomic E-state index is 0.941. The normalized spacial score (nSPS) is 15.1. The maximum Gasteiger partial charge on any atom is 0.141 e. The van der Waals surface area contributed by atoms with E-state index < -0.39 is 0 Å². The summed E-state index contributed by atoms with van der Waals surface area (Å²) in [5.41, 5.74) is 2.39. The Labute approximate surface area is 91.6 Å². The van der Waals surface area contributed by atoms with Crippen LogP contribution in [0.4, 0.5) is 5.69 Å². The number of anilines is 1. The van der Waals surface area contributed by atoms with Gasteiger partial charge in [-0.25, -0.2) is 0 Å². The van der Waals surface area contributed by atoms with Gasteiger partial charge in [0.2, 0.25) is 0 Å². The lowest BCUT2D eigenvalue weighted by Crippen LogP contribution is -2.04. The Hall–Kier alpha value is -1.18. The standard InChI is InChI=1S/C13H19NO/c1-10-3-6-13(15-2)12(9-10)14-8-7-11-4-5-11/h3,6,9,11,14H,4-5,7-8H2,1-2H3. The van der Waals surface area contributed by atoms with Crippen LogP contribution in [0.3, 0.4) is 0 Å². The monoisotopic (exact) mass is 205 g/mol. The lowest BCUT2D eigenvalue weighted by Gasteiger charge is -2.11. The lowest BCUT2D eigenvalue weighted by molar-refractivity contribution is 0.416. The smallest absolute Gasteiger partial charge is 0.141 e. The molecule has 0 unspecified atom stereocenters. The molecule has 1 saturated carbocycles. The van der Waals surface area contributed by atoms with Gasteiger partial charge in [0.25, 0.3) is 0 Å². The van der Waals surface area contributed by atoms with Gasteiger partial charge in [-0.3, -0.25) is 0 Å². The van der Waals surface area contributed by atoms with E-state index in [1.165, 1.54) is 24.8 Å². The van der Waals surface area contributed by atoms with Gasteiger partial charge in [0.05, 0.1) is 12.8 Å². The Morgan fingerprint density at radius 2 is 2.20 bits per heavy atom. The topological polar surface area (TPSA) is 21.3 Å². The van der Waals surface area contributed by atoms with Crippen LogP contribution in [-0.4, -0.2) is 13.7 Å². The van der Waals surface area contributed by atoms with Crippen LogP contribution in [0, 0.1) is 12.8 Å². The number of nitrogens with one attached hydrogen (secondary N) is 1. The fraction of sp³-hybridized carbons (Fsp3) is 0.538. The maximum atomic E-state index is 5.31. The summed E-state index contributed by atoms with van der Waals surface area (Å²) >= 11 is 0. The summed E-state index contributed by atoms with van der Waals surface area (Å²) in [5.74, 6) is 1.92. The van der Waals surface area contributed by atoms with E-state index in [2.05, 4.69) is 24.4 Å². The SMILES string of the molecule is COc1ccc(C)cc1NCCC1CC1. The molecule has 0 radical (unpaired) electrons. The molecular formula is C13H19NO. The maximum absolute atomic E-state index is 5.31. The predicted octanol–water partition coefficient (Wildman–Crippen LogP) is 3.22. The van der Waals surface area contributed by atoms with Crippen LogP contribution in [0.15, 0.2) is 18.2 Å². The van der Waals surface area contributed by atoms with Crippen molar-refractivity contribution >= 4 is 5.69 Å². The highest BCUT2D eigenvalue weighted by molar-refractivity contribution is 5.57. The number of rotatable bonds is 5. The molecule has 0 spiro atoms. The quantitative estimate of drug-likeness (QED) is 0.797. The summed E-state index contributed by atoms with van der Waals surface area (Å²) in [7, 11) is 1.72. The molecule has 0 aliphatic heterocycles. The molecule has 0 saturated heterocycles. The molecule has 0 atom stereocenters. The van der Waals surface area contributed by atoms with E-state index >= 15 is 0 Å². The van der Waals surface area contributed by atoms with Crippen LogP contribution >= 0.6 is 0 Å². The molecule has 2 rings (SSSR count). The van der Waals surface area contributed by atoms with Crippen molar-refractivity contribution in [3.05, 3.63) is 23.8 Å². The molecule has 0 heterocycles. The van der Waals surface area contributed by atoms with Crippen molar-refractivity contribution in [2.45, 2.75) is 26.2 Å². The van der Waals surface area contributed by atoms with Crippen molar-refractivity contribution in [3.8, 4) is 5.75 Å². The molecule has 82 valence electrons. The number of methoxy groups -OCH3 is 1. The first-order chi connectivity index (χ1) is 7.29. The van der Waals surface area contributed by atoms with Crippen LogP contribution in [0.2, 0.25) is 0 Å². The number of aryl methyl sites for hydroxylation is 1. The number of hydrogen-bond acceptors (Lipinski definition) is 2. The molecule has 1 N–H and O–H groups in total. The third-order valence-corrected chi connectivity index (χ3v) is 2.92. The summed E-state index contributed by atoms with van der Waals surface area (Å²) in [6.45, 7) is 3.16. The minimum absolute atomic E-state index is 0.941. The highest BCUT2D eigenvalue weighted by atomic mass is 16.5. The molecule has 1 aliphatic carbocycles. The van der Waals surface area contributed by atoms with Gasteiger partial charge in [0.1, 0.15) is 5.75 Å². The minimum Gasteiger partial charge on any atom is -0.495 e. The first kappa shape index (κ1) is 10.3. The first-order valence-electron chi connectivity index (χ1n) is 5.68. The van der Waals surface area contributed by atoms with Crippen LogP contribution in [0.5, 0.6) is 5.75 Å². The van der Waals surface area contributed by atoms with Gasteiger partial charge < -0.3 is 10.1 Å². The average molecular weight is 205 g/mol. The van der Waals surface area contributed by atoms with Crippen LogP contribution in [-0.2, 0) is 0 Å². The van der Waals surface area contributed by atoms with E-state index in [-0.39, 0.29) is 0 Å². The van der Waals surface area contributed by atoms with Gasteiger partial charge >= 0.3 is 0 Å². The lowest BCUT2D eigenvalue weighted by atomic mass is 10.2. The fourth-order valence-electron chi connectivity index (χ4n) is 1.78. The molecule has 1 aromatic carbocycles. The number of benzene rings is 1. The Balaban J connectivity index is 1.94. The van der Waals surface area contributed by atoms with Crippen molar-refractivity contribution in [1.82, 2.24) is 0 Å². The second kappa shape index (κ2) is 4.56. The summed E-state index contributed by atoms with van der Waals surface area (Å²) in [4.78, 5) is 0. The summed E-state index contributed by atoms with van der Waals surface area (Å²) < 4.78 is 5.31. The van der Waals surface area contributed by atoms with Crippen LogP contribution < -0.4 is 10.1 Å². The van der Waals surface area contributed by atoms with Crippen molar-refractivity contribution in [1.29, 1.82) is 0 Å². The number of hydrogen-bond donors (Lipinski definition) is 1. The van der Waals surface area contributed by atoms with Crippen LogP contribution in [0.1, 0.15) is 24.8 Å². The third-order valence-electron chi connectivity index (χ3n) is 2.92. The second-order valence-electron chi connectivity index (χ2n) is 4.36. The molecule has 2 nitrogen and oxygen atoms in total. The summed E-state index contributed by atoms with van der Waals surface area (Å²) in [5, 5.41) is 3.45. The van der Waals surface area contributed by atoms with Crippen molar-refractivity contribution in [2.24, 2.45) is 5.92 Å². The predicted molar refractivity (Wildman–Crippen MR) is 63.6 cm³/mol. The van der Waals surface area contributed by atoms with E-state index in [1.807, 2.05) is 6.07 Å². The molecule has 1 aliphatic rings. The summed E-state index contributed by atoms with van der Waals surface area (Å²) in [6, 6.07) is 6.24. The molecule has 1 aromatic rings. The summed E-state index contributed by atoms with van der Waals surface area (Å²) in [6.07, 6.45) is 4.14. The van der Waals surface area contributed by atoms with Gasteiger partial charge in [-0.05, 0) is 37.0 Å². The van der Waals surface area contributed by atoms with E-state index in [1.54, 1.807) is 7.11 Å². The Morgan fingerprint density at radius 3 is 2.87 bits per heavy atom.